The molecule has 0 saturated carbocycles. The summed E-state index contributed by atoms with van der Waals surface area (Å²) in [7, 11) is -7.16. The third-order valence-electron chi connectivity index (χ3n) is 8.72. The minimum Gasteiger partial charge on any atom is -0.375 e. The predicted octanol–water partition coefficient (Wildman–Crippen LogP) is 2.32. The lowest BCUT2D eigenvalue weighted by atomic mass is 9.74. The third kappa shape index (κ3) is 7.34. The Morgan fingerprint density at radius 1 is 0.952 bits per heavy atom. The van der Waals surface area contributed by atoms with E-state index in [1.165, 1.54) is 10.6 Å². The maximum atomic E-state index is 13.8. The van der Waals surface area contributed by atoms with Gasteiger partial charge in [-0.3, -0.25) is 9.10 Å². The van der Waals surface area contributed by atoms with E-state index >= 15 is 0 Å². The number of anilines is 1. The lowest BCUT2D eigenvalue weighted by Gasteiger charge is -2.40. The molecule has 0 aliphatic carbocycles. The number of carbonyl (C=O) groups is 1. The van der Waals surface area contributed by atoms with Crippen molar-refractivity contribution in [2.24, 2.45) is 0 Å². The van der Waals surface area contributed by atoms with Crippen LogP contribution in [0.2, 0.25) is 0 Å². The van der Waals surface area contributed by atoms with Crippen LogP contribution in [0.25, 0.3) is 0 Å². The Bertz CT molecular complexity index is 1440. The highest BCUT2D eigenvalue weighted by molar-refractivity contribution is 7.92. The molecule has 3 aliphatic rings. The molecule has 10 nitrogen and oxygen atoms in total. The number of nitrogens with zero attached hydrogens (tertiary/aromatic N) is 3. The van der Waals surface area contributed by atoms with Crippen molar-refractivity contribution < 1.29 is 26.4 Å². The molecule has 2 saturated heterocycles. The minimum absolute atomic E-state index is 0.0484. The van der Waals surface area contributed by atoms with Crippen molar-refractivity contribution in [3.63, 3.8) is 0 Å². The second-order valence-corrected chi connectivity index (χ2v) is 15.6. The maximum absolute atomic E-state index is 13.8. The predicted molar refractivity (Wildman–Crippen MR) is 163 cm³/mol. The van der Waals surface area contributed by atoms with Gasteiger partial charge in [0.15, 0.2) is 0 Å². The Hall–Kier alpha value is -2.51. The molecular formula is C30H42N4O6S2. The SMILES string of the molecule is CS(=O)(=O)N1CC2(CCN(C(=O)[C@@H](COCc3ccccc3)NS(=O)(=O)CCCN3CCCC3)CC2)c2ccccc21. The molecule has 2 aromatic rings. The van der Waals surface area contributed by atoms with Gasteiger partial charge in [0, 0.05) is 25.0 Å². The zero-order valence-electron chi connectivity index (χ0n) is 24.3. The summed E-state index contributed by atoms with van der Waals surface area (Å²) >= 11 is 0. The Balaban J connectivity index is 1.25. The van der Waals surface area contributed by atoms with Crippen LogP contribution < -0.4 is 9.03 Å². The molecule has 1 amide bonds. The number of nitrogens with one attached hydrogen (secondary N) is 1. The van der Waals surface area contributed by atoms with Gasteiger partial charge in [-0.05, 0) is 68.9 Å². The molecular weight excluding hydrogens is 576 g/mol. The van der Waals surface area contributed by atoms with Crippen LogP contribution in [0.15, 0.2) is 54.6 Å². The van der Waals surface area contributed by atoms with Crippen LogP contribution in [0.1, 0.15) is 43.2 Å². The van der Waals surface area contributed by atoms with Gasteiger partial charge >= 0.3 is 0 Å². The van der Waals surface area contributed by atoms with Crippen molar-refractivity contribution in [1.29, 1.82) is 0 Å². The largest absolute Gasteiger partial charge is 0.375 e. The quantitative estimate of drug-likeness (QED) is 0.388. The first kappa shape index (κ1) is 30.9. The number of fused-ring (bicyclic) bond motifs is 2. The molecule has 3 aliphatic heterocycles. The van der Waals surface area contributed by atoms with Crippen LogP contribution >= 0.6 is 0 Å². The second-order valence-electron chi connectivity index (χ2n) is 11.8. The fourth-order valence-electron chi connectivity index (χ4n) is 6.47. The molecule has 2 aromatic carbocycles. The fourth-order valence-corrected chi connectivity index (χ4v) is 8.70. The highest BCUT2D eigenvalue weighted by atomic mass is 32.2. The number of benzene rings is 2. The first-order valence-corrected chi connectivity index (χ1v) is 18.3. The lowest BCUT2D eigenvalue weighted by Crippen LogP contribution is -2.55. The van der Waals surface area contributed by atoms with E-state index in [9.17, 15) is 21.6 Å². The number of likely N-dealkylation sites (tertiary alicyclic amines) is 2. The first-order valence-electron chi connectivity index (χ1n) is 14.8. The molecule has 1 N–H and O–H groups in total. The second kappa shape index (κ2) is 13.0. The van der Waals surface area contributed by atoms with Crippen LogP contribution in [-0.2, 0) is 41.6 Å². The Morgan fingerprint density at radius 2 is 1.62 bits per heavy atom. The number of piperidine rings is 1. The van der Waals surface area contributed by atoms with Gasteiger partial charge in [-0.15, -0.1) is 0 Å². The number of sulfonamides is 2. The van der Waals surface area contributed by atoms with Crippen molar-refractivity contribution in [1.82, 2.24) is 14.5 Å². The van der Waals surface area contributed by atoms with Crippen LogP contribution in [-0.4, -0.2) is 96.5 Å². The molecule has 0 radical (unpaired) electrons. The van der Waals surface area contributed by atoms with Gasteiger partial charge < -0.3 is 14.5 Å². The van der Waals surface area contributed by atoms with Crippen LogP contribution in [0.3, 0.4) is 0 Å². The Labute approximate surface area is 250 Å². The highest BCUT2D eigenvalue weighted by Crippen LogP contribution is 2.47. The molecule has 2 fully saturated rings. The fraction of sp³-hybridized carbons (Fsp3) is 0.567. The summed E-state index contributed by atoms with van der Waals surface area (Å²) < 4.78 is 61.3. The lowest BCUT2D eigenvalue weighted by molar-refractivity contribution is -0.136. The van der Waals surface area contributed by atoms with E-state index in [0.29, 0.717) is 44.6 Å². The molecule has 5 rings (SSSR count). The third-order valence-corrected chi connectivity index (χ3v) is 11.3. The van der Waals surface area contributed by atoms with Crippen molar-refractivity contribution >= 4 is 31.6 Å². The summed E-state index contributed by atoms with van der Waals surface area (Å²) in [5.41, 5.74) is 2.25. The Morgan fingerprint density at radius 3 is 2.31 bits per heavy atom. The average molecular weight is 619 g/mol. The van der Waals surface area contributed by atoms with Gasteiger partial charge in [0.2, 0.25) is 26.0 Å². The normalized spacial score (nSPS) is 19.7. The number of hydrogen-bond acceptors (Lipinski definition) is 7. The molecule has 0 unspecified atom stereocenters. The summed E-state index contributed by atoms with van der Waals surface area (Å²) in [6, 6.07) is 16.1. The number of amides is 1. The van der Waals surface area contributed by atoms with E-state index < -0.39 is 26.1 Å². The van der Waals surface area contributed by atoms with Crippen LogP contribution in [0.4, 0.5) is 5.69 Å². The number of ether oxygens (including phenoxy) is 1. The summed E-state index contributed by atoms with van der Waals surface area (Å²) in [6.07, 6.45) is 5.19. The van der Waals surface area contributed by atoms with Crippen LogP contribution in [0, 0.1) is 0 Å². The van der Waals surface area contributed by atoms with Crippen LogP contribution in [0.5, 0.6) is 0 Å². The molecule has 1 atom stereocenters. The van der Waals surface area contributed by atoms with E-state index in [-0.39, 0.29) is 30.3 Å². The summed E-state index contributed by atoms with van der Waals surface area (Å²) in [5, 5.41) is 0. The number of carbonyl (C=O) groups excluding carboxylic acids is 1. The molecule has 0 bridgehead atoms. The van der Waals surface area contributed by atoms with Crippen molar-refractivity contribution in [2.45, 2.75) is 50.2 Å². The monoisotopic (exact) mass is 618 g/mol. The summed E-state index contributed by atoms with van der Waals surface area (Å²) in [5.74, 6) is -0.361. The van der Waals surface area contributed by atoms with Gasteiger partial charge in [-0.1, -0.05) is 48.5 Å². The molecule has 230 valence electrons. The zero-order valence-corrected chi connectivity index (χ0v) is 25.9. The van der Waals surface area contributed by atoms with Crippen molar-refractivity contribution in [3.05, 3.63) is 65.7 Å². The standard InChI is InChI=1S/C30H42N4O6S2/c1-41(36,37)34-24-30(26-12-5-6-13-28(26)34)14-19-33(20-15-30)29(35)27(23-40-22-25-10-3-2-4-11-25)31-42(38,39)21-9-18-32-16-7-8-17-32/h2-6,10-13,27,31H,7-9,14-24H2,1H3/t27-/m1/s1. The van der Waals surface area contributed by atoms with Gasteiger partial charge in [-0.25, -0.2) is 21.6 Å². The van der Waals surface area contributed by atoms with E-state index in [1.54, 1.807) is 4.90 Å². The smallest absolute Gasteiger partial charge is 0.243 e. The zero-order chi connectivity index (χ0) is 29.8. The molecule has 3 heterocycles. The van der Waals surface area contributed by atoms with E-state index in [4.69, 9.17) is 4.74 Å². The van der Waals surface area contributed by atoms with E-state index in [0.717, 1.165) is 43.6 Å². The summed E-state index contributed by atoms with van der Waals surface area (Å²) in [4.78, 5) is 17.7. The van der Waals surface area contributed by atoms with Gasteiger partial charge in [0.1, 0.15) is 6.04 Å². The average Bonchev–Trinajstić information content (AvgIpc) is 3.60. The topological polar surface area (TPSA) is 116 Å². The minimum atomic E-state index is -3.71. The van der Waals surface area contributed by atoms with Crippen molar-refractivity contribution in [2.75, 3.05) is 62.2 Å². The first-order chi connectivity index (χ1) is 20.1. The van der Waals surface area contributed by atoms with Gasteiger partial charge in [-0.2, -0.15) is 0 Å². The van der Waals surface area contributed by atoms with Gasteiger partial charge in [0.25, 0.3) is 0 Å². The van der Waals surface area contributed by atoms with Crippen molar-refractivity contribution in [3.8, 4) is 0 Å². The van der Waals surface area contributed by atoms with E-state index in [2.05, 4.69) is 9.62 Å². The molecule has 42 heavy (non-hydrogen) atoms. The molecule has 12 heteroatoms. The Kier molecular flexibility index (Phi) is 9.58. The maximum Gasteiger partial charge on any atom is 0.243 e. The summed E-state index contributed by atoms with van der Waals surface area (Å²) in [6.45, 7) is 4.07. The molecule has 0 aromatic heterocycles. The van der Waals surface area contributed by atoms with Gasteiger partial charge in [0.05, 0.1) is 30.9 Å². The number of para-hydroxylation sites is 1. The van der Waals surface area contributed by atoms with E-state index in [1.807, 2.05) is 54.6 Å². The number of rotatable bonds is 12. The highest BCUT2D eigenvalue weighted by Gasteiger charge is 2.48. The number of hydrogen-bond donors (Lipinski definition) is 1. The molecule has 1 spiro atoms.